The van der Waals surface area contributed by atoms with E-state index in [1.54, 1.807) is 36.2 Å². The van der Waals surface area contributed by atoms with Crippen molar-refractivity contribution in [3.05, 3.63) is 69.6 Å². The van der Waals surface area contributed by atoms with Crippen LogP contribution in [-0.2, 0) is 13.0 Å². The first-order valence-electron chi connectivity index (χ1n) is 8.46. The Morgan fingerprint density at radius 1 is 1.38 bits per heavy atom. The number of aromatic amines is 1. The standard InChI is InChI=1S/C19H18FN3O3/c1-11(16-9-13-3-2-4-15(20)17(13)26-16)22-19(25)23-8-6-12-5-7-21-18(24)14(12)10-23/h2-5,7,9,11H,6,8,10H2,1H3,(H,21,24)(H,22,25). The fraction of sp³-hybridized carbons (Fsp3) is 0.263. The van der Waals surface area contributed by atoms with Crippen LogP contribution in [0.3, 0.4) is 0 Å². The molecular weight excluding hydrogens is 337 g/mol. The number of nitrogens with zero attached hydrogens (tertiary/aromatic N) is 1. The van der Waals surface area contributed by atoms with Crippen LogP contribution in [0.4, 0.5) is 9.18 Å². The Bertz CT molecular complexity index is 1040. The van der Waals surface area contributed by atoms with Gasteiger partial charge in [0.25, 0.3) is 5.56 Å². The van der Waals surface area contributed by atoms with Crippen LogP contribution in [-0.4, -0.2) is 22.5 Å². The van der Waals surface area contributed by atoms with Crippen molar-refractivity contribution in [3.8, 4) is 0 Å². The van der Waals surface area contributed by atoms with Gasteiger partial charge in [-0.15, -0.1) is 0 Å². The SMILES string of the molecule is CC(NC(=O)N1CCc2cc[nH]c(=O)c2C1)c1cc2cccc(F)c2o1. The molecule has 3 aromatic rings. The molecule has 0 spiro atoms. The molecule has 6 nitrogen and oxygen atoms in total. The summed E-state index contributed by atoms with van der Waals surface area (Å²) in [6.45, 7) is 2.57. The van der Waals surface area contributed by atoms with Crippen molar-refractivity contribution in [2.24, 2.45) is 0 Å². The third-order valence-electron chi connectivity index (χ3n) is 4.73. The summed E-state index contributed by atoms with van der Waals surface area (Å²) in [4.78, 5) is 28.8. The molecule has 3 heterocycles. The third kappa shape index (κ3) is 2.85. The molecule has 26 heavy (non-hydrogen) atoms. The van der Waals surface area contributed by atoms with Gasteiger partial charge in [0, 0.05) is 23.7 Å². The smallest absolute Gasteiger partial charge is 0.318 e. The molecule has 0 saturated heterocycles. The number of urea groups is 1. The maximum Gasteiger partial charge on any atom is 0.318 e. The van der Waals surface area contributed by atoms with E-state index in [0.717, 1.165) is 5.56 Å². The van der Waals surface area contributed by atoms with E-state index in [9.17, 15) is 14.0 Å². The molecule has 0 fully saturated rings. The second kappa shape index (κ2) is 6.33. The molecule has 1 aromatic carbocycles. The zero-order valence-electron chi connectivity index (χ0n) is 14.2. The number of aromatic nitrogens is 1. The van der Waals surface area contributed by atoms with Gasteiger partial charge in [-0.1, -0.05) is 12.1 Å². The van der Waals surface area contributed by atoms with E-state index in [4.69, 9.17) is 4.42 Å². The molecular formula is C19H18FN3O3. The van der Waals surface area contributed by atoms with Crippen molar-refractivity contribution in [2.45, 2.75) is 25.9 Å². The van der Waals surface area contributed by atoms with Gasteiger partial charge in [-0.3, -0.25) is 4.79 Å². The summed E-state index contributed by atoms with van der Waals surface area (Å²) < 4.78 is 19.3. The van der Waals surface area contributed by atoms with E-state index in [2.05, 4.69) is 10.3 Å². The normalized spacial score (nSPS) is 14.9. The quantitative estimate of drug-likeness (QED) is 0.741. The highest BCUT2D eigenvalue weighted by Crippen LogP contribution is 2.26. The van der Waals surface area contributed by atoms with Crippen LogP contribution in [0.5, 0.6) is 0 Å². The Labute approximate surface area is 148 Å². The first-order valence-corrected chi connectivity index (χ1v) is 8.46. The fourth-order valence-electron chi connectivity index (χ4n) is 3.27. The number of H-pyrrole nitrogens is 1. The molecule has 1 atom stereocenters. The molecule has 2 aromatic heterocycles. The van der Waals surface area contributed by atoms with E-state index in [1.165, 1.54) is 6.07 Å². The lowest BCUT2D eigenvalue weighted by Gasteiger charge is -2.29. The van der Waals surface area contributed by atoms with Gasteiger partial charge in [0.2, 0.25) is 0 Å². The molecule has 134 valence electrons. The Hall–Kier alpha value is -3.09. The summed E-state index contributed by atoms with van der Waals surface area (Å²) in [6, 6.07) is 7.59. The average molecular weight is 355 g/mol. The van der Waals surface area contributed by atoms with E-state index < -0.39 is 11.9 Å². The van der Waals surface area contributed by atoms with Crippen LogP contribution >= 0.6 is 0 Å². The maximum absolute atomic E-state index is 13.8. The van der Waals surface area contributed by atoms with Crippen molar-refractivity contribution in [1.82, 2.24) is 15.2 Å². The Balaban J connectivity index is 1.50. The molecule has 0 aliphatic carbocycles. The number of benzene rings is 1. The molecule has 0 bridgehead atoms. The number of hydrogen-bond donors (Lipinski definition) is 2. The summed E-state index contributed by atoms with van der Waals surface area (Å²) in [7, 11) is 0. The molecule has 0 radical (unpaired) electrons. The van der Waals surface area contributed by atoms with E-state index >= 15 is 0 Å². The fourth-order valence-corrected chi connectivity index (χ4v) is 3.27. The summed E-state index contributed by atoms with van der Waals surface area (Å²) in [5, 5.41) is 3.51. The summed E-state index contributed by atoms with van der Waals surface area (Å²) in [6.07, 6.45) is 2.26. The number of halogens is 1. The number of amides is 2. The van der Waals surface area contributed by atoms with E-state index in [-0.39, 0.29) is 23.7 Å². The van der Waals surface area contributed by atoms with Gasteiger partial charge < -0.3 is 19.6 Å². The highest BCUT2D eigenvalue weighted by Gasteiger charge is 2.24. The van der Waals surface area contributed by atoms with E-state index in [0.29, 0.717) is 29.7 Å². The van der Waals surface area contributed by atoms with Crippen LogP contribution in [0.25, 0.3) is 11.0 Å². The van der Waals surface area contributed by atoms with Crippen molar-refractivity contribution < 1.29 is 13.6 Å². The highest BCUT2D eigenvalue weighted by molar-refractivity contribution is 5.79. The number of para-hydroxylation sites is 1. The lowest BCUT2D eigenvalue weighted by atomic mass is 10.0. The molecule has 7 heteroatoms. The lowest BCUT2D eigenvalue weighted by Crippen LogP contribution is -2.45. The lowest BCUT2D eigenvalue weighted by molar-refractivity contribution is 0.187. The van der Waals surface area contributed by atoms with Crippen molar-refractivity contribution in [3.63, 3.8) is 0 Å². The summed E-state index contributed by atoms with van der Waals surface area (Å²) >= 11 is 0. The number of carbonyl (C=O) groups excluding carboxylic acids is 1. The molecule has 2 N–H and O–H groups in total. The molecule has 2 amide bonds. The van der Waals surface area contributed by atoms with Gasteiger partial charge in [0.1, 0.15) is 5.76 Å². The monoisotopic (exact) mass is 355 g/mol. The van der Waals surface area contributed by atoms with Crippen LogP contribution < -0.4 is 10.9 Å². The van der Waals surface area contributed by atoms with Gasteiger partial charge in [-0.25, -0.2) is 9.18 Å². The first-order chi connectivity index (χ1) is 12.5. The Morgan fingerprint density at radius 3 is 3.04 bits per heavy atom. The van der Waals surface area contributed by atoms with Crippen LogP contribution in [0.2, 0.25) is 0 Å². The van der Waals surface area contributed by atoms with Crippen molar-refractivity contribution in [1.29, 1.82) is 0 Å². The first kappa shape index (κ1) is 16.4. The van der Waals surface area contributed by atoms with Gasteiger partial charge in [0.05, 0.1) is 12.6 Å². The largest absolute Gasteiger partial charge is 0.456 e. The summed E-state index contributed by atoms with van der Waals surface area (Å²) in [5.74, 6) is 0.0489. The number of pyridine rings is 1. The minimum Gasteiger partial charge on any atom is -0.456 e. The average Bonchev–Trinajstić information content (AvgIpc) is 3.08. The van der Waals surface area contributed by atoms with Gasteiger partial charge in [0.15, 0.2) is 11.4 Å². The van der Waals surface area contributed by atoms with Gasteiger partial charge in [-0.2, -0.15) is 0 Å². The highest BCUT2D eigenvalue weighted by atomic mass is 19.1. The minimum atomic E-state index is -0.431. The topological polar surface area (TPSA) is 78.3 Å². The van der Waals surface area contributed by atoms with Crippen molar-refractivity contribution in [2.75, 3.05) is 6.54 Å². The van der Waals surface area contributed by atoms with Crippen LogP contribution in [0.1, 0.15) is 29.9 Å². The number of carbonyl (C=O) groups is 1. The molecule has 1 unspecified atom stereocenters. The number of rotatable bonds is 2. The Kier molecular flexibility index (Phi) is 3.99. The molecule has 0 saturated carbocycles. The second-order valence-electron chi connectivity index (χ2n) is 6.46. The third-order valence-corrected chi connectivity index (χ3v) is 4.73. The van der Waals surface area contributed by atoms with Crippen LogP contribution in [0.15, 0.2) is 45.7 Å². The second-order valence-corrected chi connectivity index (χ2v) is 6.46. The zero-order chi connectivity index (χ0) is 18.3. The predicted molar refractivity (Wildman–Crippen MR) is 94.3 cm³/mol. The number of nitrogens with one attached hydrogen (secondary N) is 2. The van der Waals surface area contributed by atoms with Crippen LogP contribution in [0, 0.1) is 5.82 Å². The summed E-state index contributed by atoms with van der Waals surface area (Å²) in [5.41, 5.74) is 1.61. The molecule has 4 rings (SSSR count). The maximum atomic E-state index is 13.8. The predicted octanol–water partition coefficient (Wildman–Crippen LogP) is 3.09. The number of furan rings is 1. The van der Waals surface area contributed by atoms with Crippen molar-refractivity contribution >= 4 is 17.0 Å². The zero-order valence-corrected chi connectivity index (χ0v) is 14.2. The number of hydrogen-bond acceptors (Lipinski definition) is 3. The van der Waals surface area contributed by atoms with Gasteiger partial charge >= 0.3 is 6.03 Å². The number of fused-ring (bicyclic) bond motifs is 2. The minimum absolute atomic E-state index is 0.166. The van der Waals surface area contributed by atoms with Gasteiger partial charge in [-0.05, 0) is 37.1 Å². The molecule has 1 aliphatic rings. The Morgan fingerprint density at radius 2 is 2.23 bits per heavy atom. The van der Waals surface area contributed by atoms with E-state index in [1.807, 2.05) is 6.07 Å². The molecule has 1 aliphatic heterocycles.